The molecule has 0 aromatic heterocycles. The summed E-state index contributed by atoms with van der Waals surface area (Å²) >= 11 is 0. The molecule has 0 unspecified atom stereocenters. The number of rotatable bonds is 7. The Morgan fingerprint density at radius 3 is 2.39 bits per heavy atom. The minimum Gasteiger partial charge on any atom is -0.423 e. The van der Waals surface area contributed by atoms with Crippen molar-refractivity contribution in [2.75, 3.05) is 26.2 Å². The van der Waals surface area contributed by atoms with Gasteiger partial charge in [-0.2, -0.15) is 0 Å². The molecule has 0 heterocycles. The van der Waals surface area contributed by atoms with E-state index >= 15 is 0 Å². The molecule has 0 bridgehead atoms. The van der Waals surface area contributed by atoms with E-state index in [2.05, 4.69) is 10.6 Å². The molecule has 0 aliphatic heterocycles. The first-order valence-electron chi connectivity index (χ1n) is 5.80. The highest BCUT2D eigenvalue weighted by atomic mass is 16.4. The summed E-state index contributed by atoms with van der Waals surface area (Å²) < 4.78 is 0. The molecular weight excluding hydrogens is 233 g/mol. The van der Waals surface area contributed by atoms with Crippen LogP contribution in [0.25, 0.3) is 0 Å². The van der Waals surface area contributed by atoms with E-state index in [1.165, 1.54) is 12.1 Å². The van der Waals surface area contributed by atoms with Crippen molar-refractivity contribution in [1.29, 1.82) is 0 Å². The SMILES string of the molecule is NCCNCCNC(=O)c1ccc(B(O)O)cc1. The summed E-state index contributed by atoms with van der Waals surface area (Å²) in [6, 6.07) is 6.12. The highest BCUT2D eigenvalue weighted by molar-refractivity contribution is 6.58. The fourth-order valence-corrected chi connectivity index (χ4v) is 1.40. The molecule has 0 saturated heterocycles. The van der Waals surface area contributed by atoms with Crippen LogP contribution in [-0.2, 0) is 0 Å². The van der Waals surface area contributed by atoms with Gasteiger partial charge in [0.15, 0.2) is 0 Å². The van der Waals surface area contributed by atoms with E-state index in [9.17, 15) is 4.79 Å². The standard InChI is InChI=1S/C11H18BN3O3/c13-5-6-14-7-8-15-11(16)9-1-3-10(4-2-9)12(17)18/h1-4,14,17-18H,5-8,13H2,(H,15,16). The quantitative estimate of drug-likeness (QED) is 0.275. The van der Waals surface area contributed by atoms with Gasteiger partial charge < -0.3 is 26.4 Å². The molecule has 6 N–H and O–H groups in total. The molecule has 18 heavy (non-hydrogen) atoms. The van der Waals surface area contributed by atoms with Crippen LogP contribution in [0.2, 0.25) is 0 Å². The fraction of sp³-hybridized carbons (Fsp3) is 0.364. The molecule has 98 valence electrons. The molecule has 1 rings (SSSR count). The van der Waals surface area contributed by atoms with Crippen molar-refractivity contribution < 1.29 is 14.8 Å². The molecule has 1 amide bonds. The van der Waals surface area contributed by atoms with E-state index < -0.39 is 7.12 Å². The molecule has 7 heteroatoms. The van der Waals surface area contributed by atoms with Gasteiger partial charge in [0, 0.05) is 31.7 Å². The van der Waals surface area contributed by atoms with Gasteiger partial charge in [0.2, 0.25) is 0 Å². The predicted octanol–water partition coefficient (Wildman–Crippen LogP) is -2.36. The van der Waals surface area contributed by atoms with Crippen LogP contribution in [0.1, 0.15) is 10.4 Å². The van der Waals surface area contributed by atoms with Crippen LogP contribution in [-0.4, -0.2) is 49.3 Å². The van der Waals surface area contributed by atoms with E-state index in [0.29, 0.717) is 30.7 Å². The Morgan fingerprint density at radius 2 is 1.83 bits per heavy atom. The highest BCUT2D eigenvalue weighted by Crippen LogP contribution is 1.96. The first kappa shape index (κ1) is 14.7. The number of nitrogens with two attached hydrogens (primary N) is 1. The zero-order valence-corrected chi connectivity index (χ0v) is 10.1. The molecule has 0 fully saturated rings. The summed E-state index contributed by atoms with van der Waals surface area (Å²) in [5.41, 5.74) is 6.15. The average molecular weight is 251 g/mol. The monoisotopic (exact) mass is 251 g/mol. The van der Waals surface area contributed by atoms with Crippen LogP contribution in [0.3, 0.4) is 0 Å². The van der Waals surface area contributed by atoms with Crippen molar-refractivity contribution in [3.8, 4) is 0 Å². The van der Waals surface area contributed by atoms with Gasteiger partial charge in [-0.05, 0) is 17.6 Å². The Kier molecular flexibility index (Phi) is 6.38. The van der Waals surface area contributed by atoms with E-state index in [1.54, 1.807) is 12.1 Å². The van der Waals surface area contributed by atoms with Crippen LogP contribution < -0.4 is 21.8 Å². The second kappa shape index (κ2) is 7.83. The van der Waals surface area contributed by atoms with Crippen LogP contribution in [0.5, 0.6) is 0 Å². The van der Waals surface area contributed by atoms with Crippen molar-refractivity contribution in [3.05, 3.63) is 29.8 Å². The van der Waals surface area contributed by atoms with Crippen molar-refractivity contribution in [2.45, 2.75) is 0 Å². The maximum absolute atomic E-state index is 11.7. The molecule has 6 nitrogen and oxygen atoms in total. The van der Waals surface area contributed by atoms with Gasteiger partial charge in [-0.15, -0.1) is 0 Å². The minimum absolute atomic E-state index is 0.191. The minimum atomic E-state index is -1.51. The van der Waals surface area contributed by atoms with Crippen LogP contribution in [0.4, 0.5) is 0 Å². The smallest absolute Gasteiger partial charge is 0.423 e. The summed E-state index contributed by atoms with van der Waals surface area (Å²) in [6.45, 7) is 2.47. The van der Waals surface area contributed by atoms with Gasteiger partial charge in [-0.3, -0.25) is 4.79 Å². The number of carbonyl (C=O) groups is 1. The summed E-state index contributed by atoms with van der Waals surface area (Å²) in [5.74, 6) is -0.191. The van der Waals surface area contributed by atoms with Crippen molar-refractivity contribution >= 4 is 18.5 Å². The molecule has 0 saturated carbocycles. The highest BCUT2D eigenvalue weighted by Gasteiger charge is 2.11. The predicted molar refractivity (Wildman–Crippen MR) is 70.5 cm³/mol. The zero-order valence-electron chi connectivity index (χ0n) is 10.1. The van der Waals surface area contributed by atoms with Crippen molar-refractivity contribution in [2.24, 2.45) is 5.73 Å². The molecule has 0 atom stereocenters. The molecule has 1 aromatic rings. The largest absolute Gasteiger partial charge is 0.488 e. The number of hydrogen-bond acceptors (Lipinski definition) is 5. The van der Waals surface area contributed by atoms with Gasteiger partial charge in [0.1, 0.15) is 0 Å². The van der Waals surface area contributed by atoms with E-state index in [-0.39, 0.29) is 5.91 Å². The number of amides is 1. The van der Waals surface area contributed by atoms with E-state index in [4.69, 9.17) is 15.8 Å². The Bertz CT molecular complexity index is 370. The fourth-order valence-electron chi connectivity index (χ4n) is 1.40. The number of benzene rings is 1. The summed E-state index contributed by atoms with van der Waals surface area (Å²) in [7, 11) is -1.51. The average Bonchev–Trinajstić information content (AvgIpc) is 2.38. The first-order chi connectivity index (χ1) is 8.65. The summed E-state index contributed by atoms with van der Waals surface area (Å²) in [4.78, 5) is 11.7. The third-order valence-electron chi connectivity index (χ3n) is 2.38. The van der Waals surface area contributed by atoms with E-state index in [1.807, 2.05) is 0 Å². The number of nitrogens with one attached hydrogen (secondary N) is 2. The zero-order chi connectivity index (χ0) is 13.4. The van der Waals surface area contributed by atoms with Crippen molar-refractivity contribution in [3.63, 3.8) is 0 Å². The van der Waals surface area contributed by atoms with Gasteiger partial charge in [0.05, 0.1) is 0 Å². The molecular formula is C11H18BN3O3. The third kappa shape index (κ3) is 4.85. The van der Waals surface area contributed by atoms with Crippen LogP contribution in [0, 0.1) is 0 Å². The second-order valence-corrected chi connectivity index (χ2v) is 3.79. The van der Waals surface area contributed by atoms with Gasteiger partial charge in [-0.25, -0.2) is 0 Å². The van der Waals surface area contributed by atoms with Gasteiger partial charge in [0.25, 0.3) is 5.91 Å². The molecule has 0 radical (unpaired) electrons. The van der Waals surface area contributed by atoms with Crippen molar-refractivity contribution in [1.82, 2.24) is 10.6 Å². The third-order valence-corrected chi connectivity index (χ3v) is 2.38. The Morgan fingerprint density at radius 1 is 1.17 bits per heavy atom. The molecule has 1 aromatic carbocycles. The maximum Gasteiger partial charge on any atom is 0.488 e. The lowest BCUT2D eigenvalue weighted by Crippen LogP contribution is -2.34. The first-order valence-corrected chi connectivity index (χ1v) is 5.80. The van der Waals surface area contributed by atoms with Gasteiger partial charge >= 0.3 is 7.12 Å². The topological polar surface area (TPSA) is 108 Å². The van der Waals surface area contributed by atoms with Gasteiger partial charge in [-0.1, -0.05) is 12.1 Å². The van der Waals surface area contributed by atoms with Crippen LogP contribution >= 0.6 is 0 Å². The molecule has 0 aliphatic carbocycles. The lowest BCUT2D eigenvalue weighted by molar-refractivity contribution is 0.0954. The normalized spacial score (nSPS) is 10.2. The Labute approximate surface area is 106 Å². The Hall–Kier alpha value is -1.41. The van der Waals surface area contributed by atoms with Crippen LogP contribution in [0.15, 0.2) is 24.3 Å². The Balaban J connectivity index is 2.37. The summed E-state index contributed by atoms with van der Waals surface area (Å²) in [5, 5.41) is 23.6. The number of hydrogen-bond donors (Lipinski definition) is 5. The second-order valence-electron chi connectivity index (χ2n) is 3.79. The summed E-state index contributed by atoms with van der Waals surface area (Å²) in [6.07, 6.45) is 0. The van der Waals surface area contributed by atoms with E-state index in [0.717, 1.165) is 6.54 Å². The lowest BCUT2D eigenvalue weighted by Gasteiger charge is -2.06. The lowest BCUT2D eigenvalue weighted by atomic mass is 9.80. The molecule has 0 aliphatic rings. The number of carbonyl (C=O) groups excluding carboxylic acids is 1. The molecule has 0 spiro atoms. The maximum atomic E-state index is 11.7.